The van der Waals surface area contributed by atoms with Crippen molar-refractivity contribution in [3.8, 4) is 5.75 Å². The van der Waals surface area contributed by atoms with E-state index >= 15 is 0 Å². The van der Waals surface area contributed by atoms with Gasteiger partial charge in [0.1, 0.15) is 17.1 Å². The predicted molar refractivity (Wildman–Crippen MR) is 86.4 cm³/mol. The SMILES string of the molecule is CCOC(=O)c1cnn(C)c1NC(=O)COc1ccc([N+](=O)[O-])cc1. The van der Waals surface area contributed by atoms with Crippen LogP contribution < -0.4 is 10.1 Å². The molecule has 0 aliphatic heterocycles. The molecule has 0 atom stereocenters. The van der Waals surface area contributed by atoms with Crippen LogP contribution in [0, 0.1) is 10.1 Å². The molecule has 0 saturated carbocycles. The standard InChI is InChI=1S/C15H16N4O6/c1-3-24-15(21)12-8-16-18(2)14(12)17-13(20)9-25-11-6-4-10(5-7-11)19(22)23/h4-8H,3,9H2,1-2H3,(H,17,20). The topological polar surface area (TPSA) is 126 Å². The number of nitrogens with zero attached hydrogens (tertiary/aromatic N) is 3. The third-order valence-electron chi connectivity index (χ3n) is 3.11. The van der Waals surface area contributed by atoms with Gasteiger partial charge in [-0.25, -0.2) is 4.79 Å². The van der Waals surface area contributed by atoms with E-state index in [4.69, 9.17) is 9.47 Å². The highest BCUT2D eigenvalue weighted by molar-refractivity contribution is 6.00. The van der Waals surface area contributed by atoms with Crippen molar-refractivity contribution in [2.75, 3.05) is 18.5 Å². The van der Waals surface area contributed by atoms with Crippen molar-refractivity contribution in [3.05, 3.63) is 46.1 Å². The van der Waals surface area contributed by atoms with Gasteiger partial charge in [-0.15, -0.1) is 0 Å². The van der Waals surface area contributed by atoms with Crippen molar-refractivity contribution in [2.45, 2.75) is 6.92 Å². The molecule has 10 nitrogen and oxygen atoms in total. The molecule has 1 amide bonds. The van der Waals surface area contributed by atoms with Crippen molar-refractivity contribution in [1.82, 2.24) is 9.78 Å². The second-order valence-corrected chi connectivity index (χ2v) is 4.84. The third-order valence-corrected chi connectivity index (χ3v) is 3.11. The Balaban J connectivity index is 1.97. The summed E-state index contributed by atoms with van der Waals surface area (Å²) in [5, 5.41) is 17.0. The number of carbonyl (C=O) groups is 2. The number of carbonyl (C=O) groups excluding carboxylic acids is 2. The van der Waals surface area contributed by atoms with Crippen LogP contribution in [0.5, 0.6) is 5.75 Å². The number of benzene rings is 1. The Morgan fingerprint density at radius 3 is 2.60 bits per heavy atom. The van der Waals surface area contributed by atoms with Crippen molar-refractivity contribution >= 4 is 23.4 Å². The maximum atomic E-state index is 12.0. The molecule has 25 heavy (non-hydrogen) atoms. The first-order valence-electron chi connectivity index (χ1n) is 7.28. The molecule has 0 spiro atoms. The fourth-order valence-electron chi connectivity index (χ4n) is 1.93. The van der Waals surface area contributed by atoms with E-state index in [0.29, 0.717) is 5.75 Å². The summed E-state index contributed by atoms with van der Waals surface area (Å²) in [4.78, 5) is 33.9. The van der Waals surface area contributed by atoms with Crippen LogP contribution in [0.3, 0.4) is 0 Å². The molecule has 1 aromatic heterocycles. The first-order chi connectivity index (χ1) is 11.9. The van der Waals surface area contributed by atoms with Gasteiger partial charge < -0.3 is 14.8 Å². The summed E-state index contributed by atoms with van der Waals surface area (Å²) in [6.07, 6.45) is 1.30. The van der Waals surface area contributed by atoms with Gasteiger partial charge in [-0.05, 0) is 19.1 Å². The molecule has 2 rings (SSSR count). The number of non-ortho nitro benzene ring substituents is 1. The number of amides is 1. The summed E-state index contributed by atoms with van der Waals surface area (Å²) in [7, 11) is 1.57. The van der Waals surface area contributed by atoms with Crippen molar-refractivity contribution in [1.29, 1.82) is 0 Å². The summed E-state index contributed by atoms with van der Waals surface area (Å²) in [5.41, 5.74) is 0.0544. The summed E-state index contributed by atoms with van der Waals surface area (Å²) < 4.78 is 11.5. The monoisotopic (exact) mass is 348 g/mol. The van der Waals surface area contributed by atoms with Gasteiger partial charge in [0, 0.05) is 19.2 Å². The fourth-order valence-corrected chi connectivity index (χ4v) is 1.93. The van der Waals surface area contributed by atoms with E-state index in [1.807, 2.05) is 0 Å². The quantitative estimate of drug-likeness (QED) is 0.457. The highest BCUT2D eigenvalue weighted by atomic mass is 16.6. The molecule has 0 aliphatic rings. The van der Waals surface area contributed by atoms with Gasteiger partial charge in [-0.2, -0.15) is 5.10 Å². The smallest absolute Gasteiger partial charge is 0.343 e. The molecule has 1 N–H and O–H groups in total. The average Bonchev–Trinajstić information content (AvgIpc) is 2.94. The van der Waals surface area contributed by atoms with Crippen LogP contribution in [0.2, 0.25) is 0 Å². The lowest BCUT2D eigenvalue weighted by molar-refractivity contribution is -0.384. The molecule has 0 aliphatic carbocycles. The Labute approximate surface area is 142 Å². The van der Waals surface area contributed by atoms with E-state index in [-0.39, 0.29) is 30.3 Å². The zero-order valence-corrected chi connectivity index (χ0v) is 13.6. The third kappa shape index (κ3) is 4.53. The normalized spacial score (nSPS) is 10.2. The number of nitro groups is 1. The first kappa shape index (κ1) is 17.9. The molecule has 132 valence electrons. The van der Waals surface area contributed by atoms with Gasteiger partial charge in [-0.1, -0.05) is 0 Å². The summed E-state index contributed by atoms with van der Waals surface area (Å²) in [6, 6.07) is 5.32. The van der Waals surface area contributed by atoms with Crippen molar-refractivity contribution < 1.29 is 24.0 Å². The minimum absolute atomic E-state index is 0.0780. The lowest BCUT2D eigenvalue weighted by Crippen LogP contribution is -2.23. The van der Waals surface area contributed by atoms with Gasteiger partial charge >= 0.3 is 5.97 Å². The maximum absolute atomic E-state index is 12.0. The van der Waals surface area contributed by atoms with E-state index in [0.717, 1.165) is 0 Å². The second-order valence-electron chi connectivity index (χ2n) is 4.84. The van der Waals surface area contributed by atoms with Crippen LogP contribution in [-0.2, 0) is 16.6 Å². The fraction of sp³-hybridized carbons (Fsp3) is 0.267. The average molecular weight is 348 g/mol. The molecule has 2 aromatic rings. The maximum Gasteiger partial charge on any atom is 0.343 e. The number of rotatable bonds is 7. The second kappa shape index (κ2) is 7.90. The number of esters is 1. The number of nitro benzene ring substituents is 1. The molecule has 1 aromatic carbocycles. The Morgan fingerprint density at radius 2 is 2.00 bits per heavy atom. The predicted octanol–water partition coefficient (Wildman–Crippen LogP) is 1.52. The van der Waals surface area contributed by atoms with Crippen LogP contribution in [0.1, 0.15) is 17.3 Å². The summed E-state index contributed by atoms with van der Waals surface area (Å²) in [5.74, 6) is -0.623. The van der Waals surface area contributed by atoms with E-state index in [2.05, 4.69) is 10.4 Å². The molecule has 0 unspecified atom stereocenters. The van der Waals surface area contributed by atoms with Crippen LogP contribution >= 0.6 is 0 Å². The van der Waals surface area contributed by atoms with Crippen molar-refractivity contribution in [2.24, 2.45) is 7.05 Å². The first-order valence-corrected chi connectivity index (χ1v) is 7.28. The minimum atomic E-state index is -0.595. The Kier molecular flexibility index (Phi) is 5.66. The van der Waals surface area contributed by atoms with E-state index in [9.17, 15) is 19.7 Å². The molecule has 0 fully saturated rings. The number of aromatic nitrogens is 2. The molecule has 0 saturated heterocycles. The molecule has 0 bridgehead atoms. The largest absolute Gasteiger partial charge is 0.484 e. The van der Waals surface area contributed by atoms with Crippen molar-refractivity contribution in [3.63, 3.8) is 0 Å². The van der Waals surface area contributed by atoms with Gasteiger partial charge in [0.15, 0.2) is 6.61 Å². The lowest BCUT2D eigenvalue weighted by atomic mass is 10.3. The number of hydrogen-bond donors (Lipinski definition) is 1. The van der Waals surface area contributed by atoms with E-state index in [1.165, 1.54) is 35.1 Å². The molecule has 0 radical (unpaired) electrons. The van der Waals surface area contributed by atoms with E-state index < -0.39 is 16.8 Å². The molecular formula is C15H16N4O6. The Morgan fingerprint density at radius 1 is 1.32 bits per heavy atom. The van der Waals surface area contributed by atoms with Crippen LogP contribution in [-0.4, -0.2) is 39.8 Å². The highest BCUT2D eigenvalue weighted by Gasteiger charge is 2.19. The number of anilines is 1. The molecule has 10 heteroatoms. The number of ether oxygens (including phenoxy) is 2. The Bertz CT molecular complexity index is 784. The highest BCUT2D eigenvalue weighted by Crippen LogP contribution is 2.18. The zero-order valence-electron chi connectivity index (χ0n) is 13.6. The van der Waals surface area contributed by atoms with Crippen LogP contribution in [0.25, 0.3) is 0 Å². The van der Waals surface area contributed by atoms with Gasteiger partial charge in [0.25, 0.3) is 11.6 Å². The minimum Gasteiger partial charge on any atom is -0.484 e. The van der Waals surface area contributed by atoms with Crippen LogP contribution in [0.15, 0.2) is 30.5 Å². The number of nitrogens with one attached hydrogen (secondary N) is 1. The number of hydrogen-bond acceptors (Lipinski definition) is 7. The van der Waals surface area contributed by atoms with Crippen LogP contribution in [0.4, 0.5) is 11.5 Å². The Hall–Kier alpha value is -3.43. The summed E-state index contributed by atoms with van der Waals surface area (Å²) in [6.45, 7) is 1.53. The zero-order chi connectivity index (χ0) is 18.4. The lowest BCUT2D eigenvalue weighted by Gasteiger charge is -2.09. The molecule has 1 heterocycles. The van der Waals surface area contributed by atoms with Gasteiger partial charge in [-0.3, -0.25) is 19.6 Å². The van der Waals surface area contributed by atoms with Gasteiger partial charge in [0.2, 0.25) is 0 Å². The number of aryl methyl sites for hydroxylation is 1. The van der Waals surface area contributed by atoms with Gasteiger partial charge in [0.05, 0.1) is 17.7 Å². The van der Waals surface area contributed by atoms with E-state index in [1.54, 1.807) is 14.0 Å². The molecular weight excluding hydrogens is 332 g/mol. The summed E-state index contributed by atoms with van der Waals surface area (Å²) >= 11 is 0.